The molecule has 1 fully saturated rings. The van der Waals surface area contributed by atoms with Crippen LogP contribution in [0.25, 0.3) is 0 Å². The van der Waals surface area contributed by atoms with Gasteiger partial charge in [0, 0.05) is 26.4 Å². The van der Waals surface area contributed by atoms with Crippen LogP contribution in [0.15, 0.2) is 18.3 Å². The molecule has 0 saturated carbocycles. The molecule has 0 amide bonds. The van der Waals surface area contributed by atoms with Crippen molar-refractivity contribution in [2.75, 3.05) is 31.7 Å². The summed E-state index contributed by atoms with van der Waals surface area (Å²) in [5.74, 6) is 1.43. The number of hydrogen-bond donors (Lipinski definition) is 0. The Hall–Kier alpha value is -1.60. The van der Waals surface area contributed by atoms with Crippen LogP contribution in [-0.4, -0.2) is 31.8 Å². The van der Waals surface area contributed by atoms with Gasteiger partial charge in [-0.05, 0) is 30.9 Å². The molecule has 17 heavy (non-hydrogen) atoms. The molecule has 0 radical (unpaired) electrons. The van der Waals surface area contributed by atoms with E-state index in [4.69, 9.17) is 10.00 Å². The fourth-order valence-electron chi connectivity index (χ4n) is 2.13. The van der Waals surface area contributed by atoms with Crippen LogP contribution in [-0.2, 0) is 4.74 Å². The summed E-state index contributed by atoms with van der Waals surface area (Å²) in [6, 6.07) is 5.68. The zero-order valence-corrected chi connectivity index (χ0v) is 10.1. The summed E-state index contributed by atoms with van der Waals surface area (Å²) >= 11 is 0. The molecular formula is C13H17N3O. The Morgan fingerprint density at radius 2 is 2.53 bits per heavy atom. The van der Waals surface area contributed by atoms with E-state index in [9.17, 15) is 0 Å². The highest BCUT2D eigenvalue weighted by atomic mass is 16.5. The summed E-state index contributed by atoms with van der Waals surface area (Å²) in [7, 11) is 2.01. The molecule has 4 nitrogen and oxygen atoms in total. The van der Waals surface area contributed by atoms with Crippen molar-refractivity contribution >= 4 is 5.82 Å². The Kier molecular flexibility index (Phi) is 3.94. The predicted molar refractivity (Wildman–Crippen MR) is 65.8 cm³/mol. The van der Waals surface area contributed by atoms with Crippen molar-refractivity contribution in [2.45, 2.75) is 12.8 Å². The van der Waals surface area contributed by atoms with Crippen LogP contribution in [0.4, 0.5) is 5.82 Å². The van der Waals surface area contributed by atoms with Crippen molar-refractivity contribution in [2.24, 2.45) is 5.92 Å². The normalized spacial score (nSPS) is 19.6. The maximum absolute atomic E-state index is 8.85. The zero-order chi connectivity index (χ0) is 12.1. The molecule has 1 saturated heterocycles. The number of ether oxygens (including phenoxy) is 1. The molecule has 1 aliphatic heterocycles. The third-order valence-electron chi connectivity index (χ3n) is 3.05. The second-order valence-corrected chi connectivity index (χ2v) is 4.48. The molecule has 1 aromatic rings. The molecule has 0 aromatic carbocycles. The molecule has 0 bridgehead atoms. The molecule has 0 spiro atoms. The Morgan fingerprint density at radius 3 is 3.24 bits per heavy atom. The van der Waals surface area contributed by atoms with Crippen molar-refractivity contribution in [3.05, 3.63) is 23.9 Å². The molecule has 2 heterocycles. The number of nitriles is 1. The van der Waals surface area contributed by atoms with Crippen LogP contribution in [0.2, 0.25) is 0 Å². The first kappa shape index (κ1) is 11.9. The highest BCUT2D eigenvalue weighted by Gasteiger charge is 2.16. The van der Waals surface area contributed by atoms with E-state index >= 15 is 0 Å². The topological polar surface area (TPSA) is 49.1 Å². The lowest BCUT2D eigenvalue weighted by Gasteiger charge is -2.27. The van der Waals surface area contributed by atoms with Crippen molar-refractivity contribution < 1.29 is 4.74 Å². The van der Waals surface area contributed by atoms with Gasteiger partial charge in [0.2, 0.25) is 0 Å². The molecule has 2 rings (SSSR count). The minimum Gasteiger partial charge on any atom is -0.381 e. The quantitative estimate of drug-likeness (QED) is 0.796. The number of rotatable bonds is 3. The zero-order valence-electron chi connectivity index (χ0n) is 10.1. The van der Waals surface area contributed by atoms with Gasteiger partial charge in [0.25, 0.3) is 0 Å². The largest absolute Gasteiger partial charge is 0.381 e. The van der Waals surface area contributed by atoms with Crippen LogP contribution >= 0.6 is 0 Å². The summed E-state index contributed by atoms with van der Waals surface area (Å²) in [4.78, 5) is 6.38. The number of anilines is 1. The SMILES string of the molecule is CN(CC1CCCOC1)c1cc(C#N)ccn1. The van der Waals surface area contributed by atoms with Crippen molar-refractivity contribution in [3.8, 4) is 6.07 Å². The molecule has 1 atom stereocenters. The minimum absolute atomic E-state index is 0.571. The third-order valence-corrected chi connectivity index (χ3v) is 3.05. The maximum Gasteiger partial charge on any atom is 0.129 e. The Balaban J connectivity index is 1.98. The molecule has 0 aliphatic carbocycles. The van der Waals surface area contributed by atoms with Gasteiger partial charge in [-0.2, -0.15) is 5.26 Å². The Bertz CT molecular complexity index is 407. The van der Waals surface area contributed by atoms with Gasteiger partial charge < -0.3 is 9.64 Å². The molecule has 1 unspecified atom stereocenters. The van der Waals surface area contributed by atoms with Crippen molar-refractivity contribution in [1.82, 2.24) is 4.98 Å². The first-order valence-electron chi connectivity index (χ1n) is 5.94. The second-order valence-electron chi connectivity index (χ2n) is 4.48. The molecule has 90 valence electrons. The number of pyridine rings is 1. The van der Waals surface area contributed by atoms with Gasteiger partial charge in [-0.15, -0.1) is 0 Å². The lowest BCUT2D eigenvalue weighted by Crippen LogP contribution is -2.31. The van der Waals surface area contributed by atoms with E-state index in [0.29, 0.717) is 11.5 Å². The van der Waals surface area contributed by atoms with Crippen LogP contribution in [0.5, 0.6) is 0 Å². The van der Waals surface area contributed by atoms with Crippen molar-refractivity contribution in [1.29, 1.82) is 5.26 Å². The van der Waals surface area contributed by atoms with E-state index < -0.39 is 0 Å². The van der Waals surface area contributed by atoms with Gasteiger partial charge in [-0.3, -0.25) is 0 Å². The fourth-order valence-corrected chi connectivity index (χ4v) is 2.13. The van der Waals surface area contributed by atoms with Gasteiger partial charge in [-0.1, -0.05) is 0 Å². The van der Waals surface area contributed by atoms with Crippen LogP contribution in [0.1, 0.15) is 18.4 Å². The monoisotopic (exact) mass is 231 g/mol. The van der Waals surface area contributed by atoms with E-state index in [1.165, 1.54) is 6.42 Å². The van der Waals surface area contributed by atoms with Crippen molar-refractivity contribution in [3.63, 3.8) is 0 Å². The van der Waals surface area contributed by atoms with E-state index in [0.717, 1.165) is 32.0 Å². The molecule has 4 heteroatoms. The van der Waals surface area contributed by atoms with E-state index in [1.807, 2.05) is 13.1 Å². The highest BCUT2D eigenvalue weighted by Crippen LogP contribution is 2.18. The summed E-state index contributed by atoms with van der Waals surface area (Å²) in [6.45, 7) is 2.66. The summed E-state index contributed by atoms with van der Waals surface area (Å²) in [5, 5.41) is 8.85. The highest BCUT2D eigenvalue weighted by molar-refractivity contribution is 5.44. The molecular weight excluding hydrogens is 214 g/mol. The van der Waals surface area contributed by atoms with Crippen LogP contribution in [0.3, 0.4) is 0 Å². The minimum atomic E-state index is 0.571. The lowest BCUT2D eigenvalue weighted by atomic mass is 10.0. The molecule has 0 N–H and O–H groups in total. The second kappa shape index (κ2) is 5.65. The lowest BCUT2D eigenvalue weighted by molar-refractivity contribution is 0.0576. The first-order valence-corrected chi connectivity index (χ1v) is 5.94. The number of nitrogens with zero attached hydrogens (tertiary/aromatic N) is 3. The van der Waals surface area contributed by atoms with Gasteiger partial charge in [0.1, 0.15) is 5.82 Å². The number of hydrogen-bond acceptors (Lipinski definition) is 4. The summed E-state index contributed by atoms with van der Waals surface area (Å²) < 4.78 is 5.46. The van der Waals surface area contributed by atoms with Gasteiger partial charge in [0.05, 0.1) is 18.2 Å². The maximum atomic E-state index is 8.85. The first-order chi connectivity index (χ1) is 8.29. The van der Waals surface area contributed by atoms with Crippen LogP contribution < -0.4 is 4.90 Å². The smallest absolute Gasteiger partial charge is 0.129 e. The van der Waals surface area contributed by atoms with Gasteiger partial charge >= 0.3 is 0 Å². The van der Waals surface area contributed by atoms with E-state index in [2.05, 4.69) is 16.0 Å². The predicted octanol–water partition coefficient (Wildman–Crippen LogP) is 1.82. The molecule has 1 aromatic heterocycles. The summed E-state index contributed by atoms with van der Waals surface area (Å²) in [5.41, 5.74) is 0.654. The van der Waals surface area contributed by atoms with E-state index in [1.54, 1.807) is 12.3 Å². The summed E-state index contributed by atoms with van der Waals surface area (Å²) in [6.07, 6.45) is 4.04. The standard InChI is InChI=1S/C13H17N3O/c1-16(9-12-3-2-6-17-10-12)13-7-11(8-14)4-5-15-13/h4-5,7,12H,2-3,6,9-10H2,1H3. The Morgan fingerprint density at radius 1 is 1.65 bits per heavy atom. The third kappa shape index (κ3) is 3.18. The average molecular weight is 231 g/mol. The fraction of sp³-hybridized carbons (Fsp3) is 0.538. The van der Waals surface area contributed by atoms with Gasteiger partial charge in [0.15, 0.2) is 0 Å². The van der Waals surface area contributed by atoms with E-state index in [-0.39, 0.29) is 0 Å². The van der Waals surface area contributed by atoms with Crippen LogP contribution in [0, 0.1) is 17.2 Å². The average Bonchev–Trinajstić information content (AvgIpc) is 2.40. The van der Waals surface area contributed by atoms with Gasteiger partial charge in [-0.25, -0.2) is 4.98 Å². The molecule has 1 aliphatic rings. The number of aromatic nitrogens is 1. The Labute approximate surface area is 102 Å².